The van der Waals surface area contributed by atoms with Gasteiger partial charge in [-0.3, -0.25) is 20.4 Å². The van der Waals surface area contributed by atoms with Crippen LogP contribution >= 0.6 is 11.8 Å². The van der Waals surface area contributed by atoms with E-state index in [4.69, 9.17) is 0 Å². The third kappa shape index (κ3) is 4.21. The van der Waals surface area contributed by atoms with Crippen molar-refractivity contribution < 1.29 is 18.0 Å². The Balaban J connectivity index is 1.18. The molecule has 26 heavy (non-hydrogen) atoms. The number of hydrogen-bond donors (Lipinski definition) is 2. The van der Waals surface area contributed by atoms with Crippen molar-refractivity contribution >= 4 is 33.4 Å². The van der Waals surface area contributed by atoms with Crippen LogP contribution in [-0.2, 0) is 19.4 Å². The van der Waals surface area contributed by atoms with Crippen molar-refractivity contribution in [1.82, 2.24) is 10.9 Å². The second-order valence-corrected chi connectivity index (χ2v) is 12.6. The number of hydrogen-bond acceptors (Lipinski definition) is 5. The van der Waals surface area contributed by atoms with Crippen molar-refractivity contribution in [2.45, 2.75) is 56.1 Å². The second-order valence-electron chi connectivity index (χ2n) is 8.96. The second kappa shape index (κ2) is 7.00. The van der Waals surface area contributed by atoms with Gasteiger partial charge in [-0.15, -0.1) is 11.8 Å². The number of amides is 2. The van der Waals surface area contributed by atoms with Crippen molar-refractivity contribution in [1.29, 1.82) is 0 Å². The van der Waals surface area contributed by atoms with Gasteiger partial charge >= 0.3 is 0 Å². The van der Waals surface area contributed by atoms with E-state index in [0.717, 1.165) is 17.8 Å². The van der Waals surface area contributed by atoms with Gasteiger partial charge in [0.15, 0.2) is 9.84 Å². The minimum absolute atomic E-state index is 0.0796. The van der Waals surface area contributed by atoms with Crippen molar-refractivity contribution in [3.05, 3.63) is 0 Å². The normalized spacial score (nSPS) is 39.7. The van der Waals surface area contributed by atoms with Crippen LogP contribution in [0.4, 0.5) is 0 Å². The van der Waals surface area contributed by atoms with Crippen LogP contribution in [0.15, 0.2) is 0 Å². The molecule has 4 bridgehead atoms. The van der Waals surface area contributed by atoms with Gasteiger partial charge in [0.05, 0.1) is 17.3 Å². The van der Waals surface area contributed by atoms with Crippen LogP contribution in [0.3, 0.4) is 0 Å². The molecule has 6 nitrogen and oxygen atoms in total. The molecule has 4 saturated carbocycles. The van der Waals surface area contributed by atoms with Crippen LogP contribution in [0.1, 0.15) is 51.4 Å². The molecule has 1 heterocycles. The molecule has 0 unspecified atom stereocenters. The summed E-state index contributed by atoms with van der Waals surface area (Å²) in [6, 6.07) is 0. The van der Waals surface area contributed by atoms with Gasteiger partial charge in [-0.2, -0.15) is 0 Å². The fourth-order valence-corrected chi connectivity index (χ4v) is 9.38. The highest BCUT2D eigenvalue weighted by atomic mass is 32.2. The first-order chi connectivity index (χ1) is 12.3. The zero-order valence-corrected chi connectivity index (χ0v) is 16.7. The number of nitrogens with one attached hydrogen (secondary N) is 2. The molecule has 146 valence electrons. The monoisotopic (exact) mass is 400 g/mol. The summed E-state index contributed by atoms with van der Waals surface area (Å²) < 4.78 is 23.2. The van der Waals surface area contributed by atoms with Gasteiger partial charge in [-0.25, -0.2) is 8.42 Å². The smallest absolute Gasteiger partial charge is 0.248 e. The molecule has 0 aromatic rings. The Morgan fingerprint density at radius 2 is 1.54 bits per heavy atom. The van der Waals surface area contributed by atoms with Gasteiger partial charge in [0, 0.05) is 11.2 Å². The van der Waals surface area contributed by atoms with Gasteiger partial charge in [0.2, 0.25) is 11.8 Å². The zero-order chi connectivity index (χ0) is 18.4. The highest BCUT2D eigenvalue weighted by molar-refractivity contribution is 8.01. The number of hydrazine groups is 1. The summed E-state index contributed by atoms with van der Waals surface area (Å²) in [6.07, 6.45) is 8.60. The lowest BCUT2D eigenvalue weighted by Crippen LogP contribution is -2.49. The van der Waals surface area contributed by atoms with E-state index in [2.05, 4.69) is 10.9 Å². The number of carbonyl (C=O) groups is 2. The summed E-state index contributed by atoms with van der Waals surface area (Å²) in [6.45, 7) is 0. The Morgan fingerprint density at radius 1 is 0.962 bits per heavy atom. The topological polar surface area (TPSA) is 92.3 Å². The van der Waals surface area contributed by atoms with E-state index in [1.165, 1.54) is 38.5 Å². The lowest BCUT2D eigenvalue weighted by molar-refractivity contribution is -0.128. The minimum atomic E-state index is -2.97. The minimum Gasteiger partial charge on any atom is -0.273 e. The van der Waals surface area contributed by atoms with Gasteiger partial charge in [0.25, 0.3) is 0 Å². The number of sulfone groups is 1. The van der Waals surface area contributed by atoms with Crippen LogP contribution < -0.4 is 10.9 Å². The van der Waals surface area contributed by atoms with E-state index < -0.39 is 9.84 Å². The van der Waals surface area contributed by atoms with Crippen LogP contribution in [0.5, 0.6) is 0 Å². The Kier molecular flexibility index (Phi) is 5.01. The maximum atomic E-state index is 12.1. The Morgan fingerprint density at radius 3 is 2.08 bits per heavy atom. The molecule has 1 aliphatic heterocycles. The third-order valence-corrected chi connectivity index (χ3v) is 9.99. The maximum Gasteiger partial charge on any atom is 0.248 e. The Bertz CT molecular complexity index is 656. The average Bonchev–Trinajstić information content (AvgIpc) is 2.88. The molecule has 0 radical (unpaired) electrons. The molecule has 0 spiro atoms. The quantitative estimate of drug-likeness (QED) is 0.685. The number of thioether (sulfide) groups is 1. The summed E-state index contributed by atoms with van der Waals surface area (Å²) in [4.78, 5) is 24.1. The van der Waals surface area contributed by atoms with Crippen LogP contribution in [0.25, 0.3) is 0 Å². The lowest BCUT2D eigenvalue weighted by Gasteiger charge is -2.56. The highest BCUT2D eigenvalue weighted by Gasteiger charge is 2.51. The van der Waals surface area contributed by atoms with Crippen LogP contribution in [-0.4, -0.2) is 42.2 Å². The van der Waals surface area contributed by atoms with E-state index in [9.17, 15) is 18.0 Å². The molecule has 5 aliphatic rings. The van der Waals surface area contributed by atoms with Gasteiger partial charge in [-0.1, -0.05) is 0 Å². The molecule has 4 aliphatic carbocycles. The molecule has 1 saturated heterocycles. The summed E-state index contributed by atoms with van der Waals surface area (Å²) in [5, 5.41) is 0. The van der Waals surface area contributed by atoms with E-state index in [-0.39, 0.29) is 40.4 Å². The Hall–Kier alpha value is -0.760. The average molecular weight is 401 g/mol. The molecule has 0 aromatic carbocycles. The number of rotatable bonds is 5. The summed E-state index contributed by atoms with van der Waals surface area (Å²) in [5.74, 6) is 2.61. The first kappa shape index (κ1) is 18.6. The molecule has 2 N–H and O–H groups in total. The fraction of sp³-hybridized carbons (Fsp3) is 0.889. The van der Waals surface area contributed by atoms with Crippen LogP contribution in [0.2, 0.25) is 0 Å². The predicted octanol–water partition coefficient (Wildman–Crippen LogP) is 1.66. The van der Waals surface area contributed by atoms with Gasteiger partial charge < -0.3 is 0 Å². The van der Waals surface area contributed by atoms with Gasteiger partial charge in [-0.05, 0) is 68.6 Å². The third-order valence-electron chi connectivity index (χ3n) is 6.63. The molecule has 0 aromatic heterocycles. The number of carbonyl (C=O) groups excluding carboxylic acids is 2. The van der Waals surface area contributed by atoms with Crippen molar-refractivity contribution in [3.8, 4) is 0 Å². The zero-order valence-electron chi connectivity index (χ0n) is 15.0. The first-order valence-electron chi connectivity index (χ1n) is 9.73. The molecule has 5 fully saturated rings. The van der Waals surface area contributed by atoms with Gasteiger partial charge in [0.1, 0.15) is 0 Å². The summed E-state index contributed by atoms with van der Waals surface area (Å²) in [5.41, 5.74) is 4.95. The fourth-order valence-electron chi connectivity index (χ4n) is 5.95. The molecule has 1 atom stereocenters. The molecular weight excluding hydrogens is 372 g/mol. The van der Waals surface area contributed by atoms with Crippen molar-refractivity contribution in [3.63, 3.8) is 0 Å². The predicted molar refractivity (Wildman–Crippen MR) is 101 cm³/mol. The molecule has 8 heteroatoms. The van der Waals surface area contributed by atoms with Crippen molar-refractivity contribution in [2.75, 3.05) is 17.3 Å². The van der Waals surface area contributed by atoms with Crippen LogP contribution in [0, 0.1) is 23.7 Å². The SMILES string of the molecule is O=C(CSC12CC3CC(CC(C3)C1)C2)NNC(=O)C[C@@H]1CCS(=O)(=O)C1. The summed E-state index contributed by atoms with van der Waals surface area (Å²) >= 11 is 1.78. The molecule has 5 rings (SSSR count). The van der Waals surface area contributed by atoms with E-state index in [1.54, 1.807) is 11.8 Å². The highest BCUT2D eigenvalue weighted by Crippen LogP contribution is 2.60. The summed E-state index contributed by atoms with van der Waals surface area (Å²) in [7, 11) is -2.97. The first-order valence-corrected chi connectivity index (χ1v) is 12.5. The maximum absolute atomic E-state index is 12.1. The molecule has 2 amide bonds. The van der Waals surface area contributed by atoms with E-state index >= 15 is 0 Å². The lowest BCUT2D eigenvalue weighted by atomic mass is 9.56. The standard InChI is InChI=1S/C18H28N2O4S2/c21-16(6-12-1-2-26(23,24)11-12)19-20-17(22)10-25-18-7-13-3-14(8-18)5-15(4-13)9-18/h12-15H,1-11H2,(H,19,21)(H,20,22)/t12-,13?,14?,15?,18?/m0/s1. The largest absolute Gasteiger partial charge is 0.273 e. The van der Waals surface area contributed by atoms with E-state index in [0.29, 0.717) is 12.2 Å². The Labute approximate surface area is 159 Å². The van der Waals surface area contributed by atoms with Crippen molar-refractivity contribution in [2.24, 2.45) is 23.7 Å². The molecular formula is C18H28N2O4S2. The van der Waals surface area contributed by atoms with E-state index in [1.807, 2.05) is 0 Å².